The fraction of sp³-hybridized carbons (Fsp3) is 0.316. The highest BCUT2D eigenvalue weighted by atomic mass is 16.2. The van der Waals surface area contributed by atoms with Crippen molar-refractivity contribution in [2.45, 2.75) is 20.3 Å². The minimum Gasteiger partial charge on any atom is -0.342 e. The number of pyridine rings is 1. The highest BCUT2D eigenvalue weighted by Crippen LogP contribution is 2.26. The summed E-state index contributed by atoms with van der Waals surface area (Å²) in [6.07, 6.45) is 3.79. The Labute approximate surface area is 141 Å². The fourth-order valence-corrected chi connectivity index (χ4v) is 2.97. The Bertz CT molecular complexity index is 758. The number of hydrogen-bond donors (Lipinski definition) is 1. The van der Waals surface area contributed by atoms with Gasteiger partial charge < -0.3 is 10.2 Å². The van der Waals surface area contributed by atoms with Gasteiger partial charge in [-0.2, -0.15) is 0 Å². The van der Waals surface area contributed by atoms with E-state index in [1.54, 1.807) is 17.3 Å². The van der Waals surface area contributed by atoms with Crippen LogP contribution in [0, 0.1) is 12.8 Å². The molecule has 1 aliphatic rings. The van der Waals surface area contributed by atoms with Gasteiger partial charge in [0.25, 0.3) is 0 Å². The van der Waals surface area contributed by atoms with E-state index in [-0.39, 0.29) is 17.7 Å². The third-order valence-corrected chi connectivity index (χ3v) is 4.48. The molecule has 1 aromatic carbocycles. The van der Waals surface area contributed by atoms with E-state index in [2.05, 4.69) is 10.3 Å². The van der Waals surface area contributed by atoms with Gasteiger partial charge in [0.1, 0.15) is 0 Å². The van der Waals surface area contributed by atoms with Crippen molar-refractivity contribution in [1.29, 1.82) is 0 Å². The molecule has 0 radical (unpaired) electrons. The Morgan fingerprint density at radius 1 is 1.25 bits per heavy atom. The van der Waals surface area contributed by atoms with Crippen molar-refractivity contribution in [3.8, 4) is 11.1 Å². The lowest BCUT2D eigenvalue weighted by molar-refractivity contribution is -0.128. The molecule has 1 fully saturated rings. The largest absolute Gasteiger partial charge is 0.342 e. The third kappa shape index (κ3) is 3.30. The number of nitrogens with one attached hydrogen (secondary N) is 1. The van der Waals surface area contributed by atoms with Gasteiger partial charge in [0.05, 0.1) is 5.92 Å². The molecule has 1 aromatic heterocycles. The van der Waals surface area contributed by atoms with Crippen LogP contribution in [0.1, 0.15) is 18.9 Å². The Morgan fingerprint density at radius 2 is 2.00 bits per heavy atom. The number of rotatable bonds is 4. The first-order chi connectivity index (χ1) is 11.6. The summed E-state index contributed by atoms with van der Waals surface area (Å²) in [7, 11) is 0. The van der Waals surface area contributed by atoms with Gasteiger partial charge in [-0.3, -0.25) is 14.6 Å². The number of likely N-dealkylation sites (tertiary alicyclic amines) is 1. The fourth-order valence-electron chi connectivity index (χ4n) is 2.97. The van der Waals surface area contributed by atoms with Crippen LogP contribution >= 0.6 is 0 Å². The standard InChI is InChI=1S/C19H21N3O2/c1-3-22-12-16(11-18(22)23)19(24)21-17-10-15(5-4-13(17)2)14-6-8-20-9-7-14/h4-10,16H,3,11-12H2,1-2H3,(H,21,24)/t16-/m0/s1. The van der Waals surface area contributed by atoms with E-state index >= 15 is 0 Å². The average molecular weight is 323 g/mol. The maximum absolute atomic E-state index is 12.5. The van der Waals surface area contributed by atoms with E-state index in [0.717, 1.165) is 22.4 Å². The molecule has 0 aliphatic carbocycles. The number of hydrogen-bond acceptors (Lipinski definition) is 3. The van der Waals surface area contributed by atoms with Crippen LogP contribution < -0.4 is 5.32 Å². The first kappa shape index (κ1) is 16.2. The Kier molecular flexibility index (Phi) is 4.60. The number of aryl methyl sites for hydroxylation is 1. The second-order valence-electron chi connectivity index (χ2n) is 6.09. The molecule has 1 N–H and O–H groups in total. The van der Waals surface area contributed by atoms with Crippen molar-refractivity contribution in [3.05, 3.63) is 48.3 Å². The van der Waals surface area contributed by atoms with Gasteiger partial charge in [-0.25, -0.2) is 0 Å². The summed E-state index contributed by atoms with van der Waals surface area (Å²) in [6.45, 7) is 5.05. The van der Waals surface area contributed by atoms with Crippen molar-refractivity contribution in [3.63, 3.8) is 0 Å². The molecule has 0 unspecified atom stereocenters. The second-order valence-corrected chi connectivity index (χ2v) is 6.09. The predicted octanol–water partition coefficient (Wildman–Crippen LogP) is 2.86. The van der Waals surface area contributed by atoms with Crippen molar-refractivity contribution in [1.82, 2.24) is 9.88 Å². The van der Waals surface area contributed by atoms with Crippen molar-refractivity contribution < 1.29 is 9.59 Å². The molecule has 1 atom stereocenters. The number of carbonyl (C=O) groups is 2. The molecule has 5 heteroatoms. The maximum atomic E-state index is 12.5. The summed E-state index contributed by atoms with van der Waals surface area (Å²) in [5.41, 5.74) is 3.86. The molecular formula is C19H21N3O2. The van der Waals surface area contributed by atoms with Crippen LogP contribution in [0.2, 0.25) is 0 Å². The van der Waals surface area contributed by atoms with Crippen LogP contribution in [0.4, 0.5) is 5.69 Å². The van der Waals surface area contributed by atoms with E-state index in [9.17, 15) is 9.59 Å². The molecule has 5 nitrogen and oxygen atoms in total. The smallest absolute Gasteiger partial charge is 0.229 e. The van der Waals surface area contributed by atoms with Crippen LogP contribution in [-0.2, 0) is 9.59 Å². The first-order valence-electron chi connectivity index (χ1n) is 8.18. The molecule has 2 heterocycles. The lowest BCUT2D eigenvalue weighted by atomic mass is 10.0. The number of nitrogens with zero attached hydrogens (tertiary/aromatic N) is 2. The lowest BCUT2D eigenvalue weighted by Crippen LogP contribution is -2.28. The van der Waals surface area contributed by atoms with Gasteiger partial charge in [-0.15, -0.1) is 0 Å². The quantitative estimate of drug-likeness (QED) is 0.941. The molecule has 2 aromatic rings. The molecular weight excluding hydrogens is 302 g/mol. The second kappa shape index (κ2) is 6.83. The zero-order valence-electron chi connectivity index (χ0n) is 14.0. The average Bonchev–Trinajstić information content (AvgIpc) is 2.98. The van der Waals surface area contributed by atoms with E-state index in [4.69, 9.17) is 0 Å². The molecule has 1 saturated heterocycles. The highest BCUT2D eigenvalue weighted by Gasteiger charge is 2.33. The number of amides is 2. The monoisotopic (exact) mass is 323 g/mol. The summed E-state index contributed by atoms with van der Waals surface area (Å²) in [4.78, 5) is 30.1. The number of benzene rings is 1. The van der Waals surface area contributed by atoms with Gasteiger partial charge in [-0.1, -0.05) is 12.1 Å². The molecule has 0 saturated carbocycles. The molecule has 2 amide bonds. The third-order valence-electron chi connectivity index (χ3n) is 4.48. The molecule has 24 heavy (non-hydrogen) atoms. The molecule has 1 aliphatic heterocycles. The molecule has 0 spiro atoms. The van der Waals surface area contributed by atoms with Crippen LogP contribution in [0.25, 0.3) is 11.1 Å². The zero-order valence-corrected chi connectivity index (χ0v) is 14.0. The summed E-state index contributed by atoms with van der Waals surface area (Å²) in [6, 6.07) is 9.86. The maximum Gasteiger partial charge on any atom is 0.229 e. The van der Waals surface area contributed by atoms with Crippen LogP contribution in [-0.4, -0.2) is 34.8 Å². The Morgan fingerprint density at radius 3 is 2.67 bits per heavy atom. The SMILES string of the molecule is CCN1C[C@@H](C(=O)Nc2cc(-c3ccncc3)ccc2C)CC1=O. The first-order valence-corrected chi connectivity index (χ1v) is 8.18. The van der Waals surface area contributed by atoms with Crippen molar-refractivity contribution >= 4 is 17.5 Å². The van der Waals surface area contributed by atoms with Crippen LogP contribution in [0.5, 0.6) is 0 Å². The predicted molar refractivity (Wildman–Crippen MR) is 93.4 cm³/mol. The van der Waals surface area contributed by atoms with Crippen molar-refractivity contribution in [2.75, 3.05) is 18.4 Å². The Balaban J connectivity index is 1.78. The normalized spacial score (nSPS) is 17.2. The minimum atomic E-state index is -0.276. The van der Waals surface area contributed by atoms with Crippen LogP contribution in [0.3, 0.4) is 0 Å². The van der Waals surface area contributed by atoms with Gasteiger partial charge in [0.15, 0.2) is 0 Å². The van der Waals surface area contributed by atoms with Gasteiger partial charge in [0, 0.05) is 37.6 Å². The van der Waals surface area contributed by atoms with Crippen LogP contribution in [0.15, 0.2) is 42.7 Å². The number of carbonyl (C=O) groups excluding carboxylic acids is 2. The molecule has 0 bridgehead atoms. The minimum absolute atomic E-state index is 0.0555. The summed E-state index contributed by atoms with van der Waals surface area (Å²) in [5.74, 6) is -0.310. The highest BCUT2D eigenvalue weighted by molar-refractivity contribution is 5.98. The molecule has 124 valence electrons. The number of aromatic nitrogens is 1. The summed E-state index contributed by atoms with van der Waals surface area (Å²) in [5, 5.41) is 2.99. The zero-order chi connectivity index (χ0) is 17.1. The molecule has 3 rings (SSSR count). The van der Waals surface area contributed by atoms with Gasteiger partial charge in [-0.05, 0) is 48.7 Å². The van der Waals surface area contributed by atoms with E-state index < -0.39 is 0 Å². The van der Waals surface area contributed by atoms with Crippen molar-refractivity contribution in [2.24, 2.45) is 5.92 Å². The summed E-state index contributed by atoms with van der Waals surface area (Å²) >= 11 is 0. The van der Waals surface area contributed by atoms with Gasteiger partial charge in [0.2, 0.25) is 11.8 Å². The van der Waals surface area contributed by atoms with E-state index in [1.807, 2.05) is 44.2 Å². The van der Waals surface area contributed by atoms with Gasteiger partial charge >= 0.3 is 0 Å². The van der Waals surface area contributed by atoms with E-state index in [1.165, 1.54) is 0 Å². The number of anilines is 1. The Hall–Kier alpha value is -2.69. The summed E-state index contributed by atoms with van der Waals surface area (Å²) < 4.78 is 0. The van der Waals surface area contributed by atoms with E-state index in [0.29, 0.717) is 19.5 Å². The lowest BCUT2D eigenvalue weighted by Gasteiger charge is -2.15. The topological polar surface area (TPSA) is 62.3 Å².